The molecule has 30 heavy (non-hydrogen) atoms. The highest BCUT2D eigenvalue weighted by atomic mass is 35.5. The number of terminal acetylenes is 1. The molecule has 0 aromatic carbocycles. The molecule has 6 heteroatoms. The summed E-state index contributed by atoms with van der Waals surface area (Å²) in [5.74, 6) is 1.37. The second-order valence-corrected chi connectivity index (χ2v) is 15.7. The lowest BCUT2D eigenvalue weighted by Gasteiger charge is -2.39. The predicted molar refractivity (Wildman–Crippen MR) is 130 cm³/mol. The number of halogens is 1. The van der Waals surface area contributed by atoms with Crippen LogP contribution in [0.1, 0.15) is 67.7 Å². The molecule has 0 fully saturated rings. The van der Waals surface area contributed by atoms with Crippen molar-refractivity contribution >= 4 is 31.6 Å². The van der Waals surface area contributed by atoms with Crippen molar-refractivity contribution in [2.24, 2.45) is 5.41 Å². The molecule has 0 saturated carbocycles. The normalized spacial score (nSPS) is 15.6. The van der Waals surface area contributed by atoms with Crippen LogP contribution in [0.15, 0.2) is 23.3 Å². The van der Waals surface area contributed by atoms with Crippen LogP contribution in [0.2, 0.25) is 18.1 Å². The van der Waals surface area contributed by atoms with E-state index in [1.54, 1.807) is 0 Å². The average Bonchev–Trinajstić information content (AvgIpc) is 2.58. The van der Waals surface area contributed by atoms with Crippen LogP contribution in [-0.2, 0) is 14.0 Å². The molecule has 1 amide bonds. The molecule has 0 bridgehead atoms. The maximum absolute atomic E-state index is 12.7. The predicted octanol–water partition coefficient (Wildman–Crippen LogP) is 5.98. The Labute approximate surface area is 190 Å². The van der Waals surface area contributed by atoms with E-state index in [2.05, 4.69) is 39.2 Å². The van der Waals surface area contributed by atoms with Crippen molar-refractivity contribution in [2.45, 2.75) is 98.0 Å². The van der Waals surface area contributed by atoms with Crippen LogP contribution in [0.4, 0.5) is 0 Å². The molecule has 0 rings (SSSR count). The minimum atomic E-state index is -1.93. The minimum absolute atomic E-state index is 0.00509. The van der Waals surface area contributed by atoms with Gasteiger partial charge in [0, 0.05) is 11.5 Å². The fourth-order valence-electron chi connectivity index (χ4n) is 2.60. The summed E-state index contributed by atoms with van der Waals surface area (Å²) < 4.78 is 6.55. The smallest absolute Gasteiger partial charge is 0.296 e. The molecular formula is C24H40ClNO3Si. The Kier molecular flexibility index (Phi) is 11.3. The third-order valence-electron chi connectivity index (χ3n) is 5.41. The molecule has 1 N–H and O–H groups in total. The molecule has 0 aliphatic heterocycles. The Morgan fingerprint density at radius 1 is 1.13 bits per heavy atom. The second-order valence-electron chi connectivity index (χ2n) is 10.3. The van der Waals surface area contributed by atoms with Gasteiger partial charge >= 0.3 is 0 Å². The summed E-state index contributed by atoms with van der Waals surface area (Å²) in [6.45, 7) is 18.7. The highest BCUT2D eigenvalue weighted by molar-refractivity contribution is 6.74. The Balaban J connectivity index is 5.16. The van der Waals surface area contributed by atoms with Crippen LogP contribution in [0.25, 0.3) is 0 Å². The molecule has 2 atom stereocenters. The molecule has 0 aliphatic carbocycles. The van der Waals surface area contributed by atoms with Gasteiger partial charge in [0.2, 0.25) is 0 Å². The highest BCUT2D eigenvalue weighted by Crippen LogP contribution is 2.38. The lowest BCUT2D eigenvalue weighted by atomic mass is 9.83. The van der Waals surface area contributed by atoms with Crippen molar-refractivity contribution in [3.63, 3.8) is 0 Å². The Bertz CT molecular complexity index is 687. The van der Waals surface area contributed by atoms with Gasteiger partial charge in [-0.25, -0.2) is 0 Å². The number of nitrogens with one attached hydrogen (secondary N) is 1. The lowest BCUT2D eigenvalue weighted by molar-refractivity contribution is -0.127. The summed E-state index contributed by atoms with van der Waals surface area (Å²) in [5.41, 5.74) is -0.423. The first-order valence-corrected chi connectivity index (χ1v) is 13.7. The van der Waals surface area contributed by atoms with E-state index < -0.39 is 25.7 Å². The van der Waals surface area contributed by atoms with Gasteiger partial charge in [-0.15, -0.1) is 6.42 Å². The van der Waals surface area contributed by atoms with E-state index in [4.69, 9.17) is 22.5 Å². The fourth-order valence-corrected chi connectivity index (χ4v) is 4.07. The Morgan fingerprint density at radius 3 is 2.13 bits per heavy atom. The van der Waals surface area contributed by atoms with E-state index in [9.17, 15) is 9.59 Å². The number of hydrogen-bond donors (Lipinski definition) is 1. The molecule has 0 unspecified atom stereocenters. The van der Waals surface area contributed by atoms with Crippen molar-refractivity contribution in [2.75, 3.05) is 0 Å². The van der Waals surface area contributed by atoms with Gasteiger partial charge in [-0.2, -0.15) is 0 Å². The average molecular weight is 454 g/mol. The molecule has 0 aromatic heterocycles. The van der Waals surface area contributed by atoms with Gasteiger partial charge in [-0.05, 0) is 49.2 Å². The molecule has 4 nitrogen and oxygen atoms in total. The summed E-state index contributed by atoms with van der Waals surface area (Å²) in [4.78, 5) is 24.3. The van der Waals surface area contributed by atoms with Crippen molar-refractivity contribution in [3.8, 4) is 12.3 Å². The van der Waals surface area contributed by atoms with Crippen molar-refractivity contribution in [1.82, 2.24) is 5.32 Å². The zero-order chi connectivity index (χ0) is 23.8. The number of amides is 1. The van der Waals surface area contributed by atoms with Crippen LogP contribution in [0.3, 0.4) is 0 Å². The lowest BCUT2D eigenvalue weighted by Crippen LogP contribution is -2.48. The Morgan fingerprint density at radius 2 is 1.70 bits per heavy atom. The molecule has 0 saturated heterocycles. The maximum atomic E-state index is 12.7. The number of carbonyl (C=O) groups excluding carboxylic acids is 2. The molecule has 0 spiro atoms. The number of hydrogen-bond acceptors (Lipinski definition) is 3. The monoisotopic (exact) mass is 453 g/mol. The van der Waals surface area contributed by atoms with E-state index in [1.165, 1.54) is 0 Å². The number of rotatable bonds is 10. The summed E-state index contributed by atoms with van der Waals surface area (Å²) in [6.07, 6.45) is 12.6. The molecule has 170 valence electrons. The van der Waals surface area contributed by atoms with Gasteiger partial charge in [0.05, 0.1) is 12.1 Å². The van der Waals surface area contributed by atoms with Crippen LogP contribution in [0, 0.1) is 17.8 Å². The van der Waals surface area contributed by atoms with E-state index in [0.717, 1.165) is 11.5 Å². The fraction of sp³-hybridized carbons (Fsp3) is 0.667. The van der Waals surface area contributed by atoms with Crippen LogP contribution in [0.5, 0.6) is 0 Å². The zero-order valence-corrected chi connectivity index (χ0v) is 21.9. The van der Waals surface area contributed by atoms with Crippen molar-refractivity contribution in [3.05, 3.63) is 23.3 Å². The van der Waals surface area contributed by atoms with Gasteiger partial charge in [0.15, 0.2) is 14.1 Å². The maximum Gasteiger partial charge on any atom is 0.296 e. The summed E-state index contributed by atoms with van der Waals surface area (Å²) in [6, 6.07) is -0.633. The first-order valence-electron chi connectivity index (χ1n) is 10.5. The van der Waals surface area contributed by atoms with Gasteiger partial charge in [-0.3, -0.25) is 9.59 Å². The first kappa shape index (κ1) is 28.6. The molecule has 0 radical (unpaired) electrons. The number of ketones is 1. The van der Waals surface area contributed by atoms with Crippen molar-refractivity contribution < 1.29 is 14.0 Å². The van der Waals surface area contributed by atoms with E-state index in [-0.39, 0.29) is 23.3 Å². The van der Waals surface area contributed by atoms with Gasteiger partial charge < -0.3 is 9.74 Å². The molecule has 0 aliphatic rings. The number of Topliss-reactive ketones (excluding diaryl/α,β-unsaturated/α-hetero) is 1. The largest absolute Gasteiger partial charge is 0.413 e. The zero-order valence-electron chi connectivity index (χ0n) is 20.2. The summed E-state index contributed by atoms with van der Waals surface area (Å²) >= 11 is 6.02. The third-order valence-corrected chi connectivity index (χ3v) is 10.1. The third kappa shape index (κ3) is 10.6. The van der Waals surface area contributed by atoms with Gasteiger partial charge in [0.1, 0.15) is 0 Å². The number of carbonyl (C=O) groups is 2. The van der Waals surface area contributed by atoms with Gasteiger partial charge in [-0.1, -0.05) is 71.4 Å². The summed E-state index contributed by atoms with van der Waals surface area (Å²) in [5, 5.41) is 3.49. The highest BCUT2D eigenvalue weighted by Gasteiger charge is 2.38. The van der Waals surface area contributed by atoms with E-state index in [0.29, 0.717) is 6.42 Å². The van der Waals surface area contributed by atoms with Crippen LogP contribution < -0.4 is 5.32 Å². The van der Waals surface area contributed by atoms with Crippen LogP contribution in [-0.4, -0.2) is 32.2 Å². The second kappa shape index (κ2) is 11.9. The quantitative estimate of drug-likeness (QED) is 0.251. The molecular weight excluding hydrogens is 414 g/mol. The summed E-state index contributed by atoms with van der Waals surface area (Å²) in [7, 11) is -1.93. The SMILES string of the molecule is C#CC(=O)N[C@H](C(=O)C/C=C\C[C@H](C/C=C(\C)Cl)O[Si](C)(C)C(C)(C)C)C(C)(C)C. The standard InChI is InChI=1S/C24H40ClNO3Si/c1-11-21(28)26-22(23(3,4)5)20(27)15-13-12-14-19(17-16-18(2)25)29-30(9,10)24(6,7)8/h1,12-13,16,19,22H,14-15,17H2,2-10H3,(H,26,28)/b13-12-,18-16+/t19-,22-/m1/s1. The Hall–Kier alpha value is -1.35. The molecule has 0 heterocycles. The van der Waals surface area contributed by atoms with Gasteiger partial charge in [0.25, 0.3) is 5.91 Å². The molecule has 0 aromatic rings. The topological polar surface area (TPSA) is 55.4 Å². The van der Waals surface area contributed by atoms with E-state index in [1.807, 2.05) is 51.8 Å². The van der Waals surface area contributed by atoms with E-state index >= 15 is 0 Å². The number of allylic oxidation sites excluding steroid dienone is 2. The van der Waals surface area contributed by atoms with Crippen LogP contribution >= 0.6 is 11.6 Å². The first-order chi connectivity index (χ1) is 13.5. The van der Waals surface area contributed by atoms with Crippen molar-refractivity contribution in [1.29, 1.82) is 0 Å². The minimum Gasteiger partial charge on any atom is -0.413 e.